The van der Waals surface area contributed by atoms with E-state index in [9.17, 15) is 4.79 Å². The molecule has 1 atom stereocenters. The maximum Gasteiger partial charge on any atom is 0.222 e. The number of hydrogen-bond donors (Lipinski definition) is 0. The van der Waals surface area contributed by atoms with Crippen molar-refractivity contribution in [2.24, 2.45) is 0 Å². The Labute approximate surface area is 137 Å². The van der Waals surface area contributed by atoms with Crippen molar-refractivity contribution < 1.29 is 9.53 Å². The van der Waals surface area contributed by atoms with Crippen LogP contribution in [0, 0.1) is 6.92 Å². The lowest BCUT2D eigenvalue weighted by molar-refractivity contribution is -0.107. The summed E-state index contributed by atoms with van der Waals surface area (Å²) in [5.74, 6) is 1.29. The fourth-order valence-electron chi connectivity index (χ4n) is 2.31. The van der Waals surface area contributed by atoms with Gasteiger partial charge in [0.2, 0.25) is 5.88 Å². The molecular weight excluding hydrogens is 342 g/mol. The van der Waals surface area contributed by atoms with Gasteiger partial charge in [0, 0.05) is 10.9 Å². The van der Waals surface area contributed by atoms with Gasteiger partial charge in [-0.3, -0.25) is 0 Å². The van der Waals surface area contributed by atoms with E-state index in [1.165, 1.54) is 0 Å². The van der Waals surface area contributed by atoms with E-state index < -0.39 is 0 Å². The van der Waals surface area contributed by atoms with Crippen molar-refractivity contribution in [2.45, 2.75) is 11.8 Å². The predicted molar refractivity (Wildman–Crippen MR) is 90.7 cm³/mol. The van der Waals surface area contributed by atoms with Gasteiger partial charge in [0.15, 0.2) is 0 Å². The molecule has 2 aromatic carbocycles. The number of pyridine rings is 1. The summed E-state index contributed by atoms with van der Waals surface area (Å²) in [5.41, 5.74) is 2.56. The molecule has 1 aromatic heterocycles. The first kappa shape index (κ1) is 14.7. The average molecular weight is 356 g/mol. The molecule has 0 aliphatic rings. The summed E-state index contributed by atoms with van der Waals surface area (Å²) in [7, 11) is 0. The third kappa shape index (κ3) is 2.88. The molecule has 0 aliphatic carbocycles. The fraction of sp³-hybridized carbons (Fsp3) is 0.111. The van der Waals surface area contributed by atoms with Gasteiger partial charge in [0.1, 0.15) is 12.0 Å². The van der Waals surface area contributed by atoms with E-state index in [4.69, 9.17) is 4.74 Å². The van der Waals surface area contributed by atoms with Gasteiger partial charge in [-0.15, -0.1) is 0 Å². The van der Waals surface area contributed by atoms with E-state index in [-0.39, 0.29) is 4.83 Å². The van der Waals surface area contributed by atoms with Crippen LogP contribution in [0.4, 0.5) is 0 Å². The van der Waals surface area contributed by atoms with Gasteiger partial charge in [0.05, 0.1) is 10.3 Å². The summed E-state index contributed by atoms with van der Waals surface area (Å²) in [6, 6.07) is 17.4. The second-order valence-electron chi connectivity index (χ2n) is 4.98. The van der Waals surface area contributed by atoms with Gasteiger partial charge < -0.3 is 9.53 Å². The molecule has 0 aliphatic heterocycles. The molecule has 0 fully saturated rings. The van der Waals surface area contributed by atoms with Crippen molar-refractivity contribution in [3.8, 4) is 11.6 Å². The number of alkyl halides is 1. The van der Waals surface area contributed by atoms with Gasteiger partial charge in [-0.2, -0.15) is 0 Å². The maximum absolute atomic E-state index is 11.1. The molecule has 110 valence electrons. The summed E-state index contributed by atoms with van der Waals surface area (Å²) in [4.78, 5) is 15.3. The number of hydrogen-bond acceptors (Lipinski definition) is 3. The molecule has 0 saturated carbocycles. The summed E-state index contributed by atoms with van der Waals surface area (Å²) < 4.78 is 5.87. The minimum atomic E-state index is -0.379. The second kappa shape index (κ2) is 6.28. The van der Waals surface area contributed by atoms with Crippen LogP contribution < -0.4 is 4.74 Å². The second-order valence-corrected chi connectivity index (χ2v) is 5.97. The summed E-state index contributed by atoms with van der Waals surface area (Å²) in [6.07, 6.45) is 0.855. The number of fused-ring (bicyclic) bond motifs is 1. The smallest absolute Gasteiger partial charge is 0.222 e. The number of aryl methyl sites for hydroxylation is 1. The number of aromatic nitrogens is 1. The molecule has 0 saturated heterocycles. The topological polar surface area (TPSA) is 39.2 Å². The van der Waals surface area contributed by atoms with Crippen molar-refractivity contribution in [3.05, 3.63) is 65.7 Å². The number of ether oxygens (including phenoxy) is 1. The Balaban J connectivity index is 2.11. The summed E-state index contributed by atoms with van der Waals surface area (Å²) in [5, 5.41) is 0.988. The Morgan fingerprint density at radius 3 is 2.64 bits per heavy atom. The lowest BCUT2D eigenvalue weighted by atomic mass is 10.1. The zero-order chi connectivity index (χ0) is 15.5. The molecule has 3 rings (SSSR count). The van der Waals surface area contributed by atoms with Gasteiger partial charge in [-0.1, -0.05) is 52.3 Å². The van der Waals surface area contributed by atoms with Crippen molar-refractivity contribution in [1.29, 1.82) is 0 Å². The first-order valence-electron chi connectivity index (χ1n) is 6.91. The zero-order valence-corrected chi connectivity index (χ0v) is 13.6. The fourth-order valence-corrected chi connectivity index (χ4v) is 2.68. The largest absolute Gasteiger partial charge is 0.439 e. The Kier molecular flexibility index (Phi) is 4.20. The molecule has 3 nitrogen and oxygen atoms in total. The minimum absolute atomic E-state index is 0.379. The third-order valence-corrected chi connectivity index (χ3v) is 4.10. The molecule has 22 heavy (non-hydrogen) atoms. The number of carbonyl (C=O) groups excluding carboxylic acids is 1. The van der Waals surface area contributed by atoms with Crippen LogP contribution in [0.2, 0.25) is 0 Å². The molecule has 0 amide bonds. The molecule has 3 aromatic rings. The zero-order valence-electron chi connectivity index (χ0n) is 12.0. The number of aldehydes is 1. The highest BCUT2D eigenvalue weighted by Crippen LogP contribution is 2.31. The Morgan fingerprint density at radius 2 is 1.91 bits per heavy atom. The SMILES string of the molecule is Cc1cc2cccc(C(Br)C=O)c2nc1Oc1ccccc1. The van der Waals surface area contributed by atoms with Crippen LogP contribution in [-0.2, 0) is 4.79 Å². The van der Waals surface area contributed by atoms with Gasteiger partial charge in [-0.25, -0.2) is 4.98 Å². The number of para-hydroxylation sites is 2. The lowest BCUT2D eigenvalue weighted by Gasteiger charge is -2.12. The van der Waals surface area contributed by atoms with Crippen molar-refractivity contribution in [3.63, 3.8) is 0 Å². The number of halogens is 1. The molecule has 0 radical (unpaired) electrons. The van der Waals surface area contributed by atoms with E-state index in [2.05, 4.69) is 20.9 Å². The van der Waals surface area contributed by atoms with Crippen LogP contribution in [-0.4, -0.2) is 11.3 Å². The average Bonchev–Trinajstić information content (AvgIpc) is 2.55. The molecule has 1 unspecified atom stereocenters. The molecular formula is C18H14BrNO2. The van der Waals surface area contributed by atoms with Crippen LogP contribution >= 0.6 is 15.9 Å². The first-order valence-corrected chi connectivity index (χ1v) is 7.83. The van der Waals surface area contributed by atoms with E-state index in [0.717, 1.165) is 34.1 Å². The van der Waals surface area contributed by atoms with E-state index in [1.807, 2.05) is 61.5 Å². The quantitative estimate of drug-likeness (QED) is 0.489. The highest BCUT2D eigenvalue weighted by atomic mass is 79.9. The number of carbonyl (C=O) groups is 1. The number of rotatable bonds is 4. The monoisotopic (exact) mass is 355 g/mol. The van der Waals surface area contributed by atoms with Crippen LogP contribution in [0.25, 0.3) is 10.9 Å². The van der Waals surface area contributed by atoms with Crippen molar-refractivity contribution >= 4 is 33.1 Å². The lowest BCUT2D eigenvalue weighted by Crippen LogP contribution is -1.97. The normalized spacial score (nSPS) is 12.1. The molecule has 0 N–H and O–H groups in total. The van der Waals surface area contributed by atoms with E-state index in [0.29, 0.717) is 5.88 Å². The Morgan fingerprint density at radius 1 is 1.14 bits per heavy atom. The molecule has 1 heterocycles. The summed E-state index contributed by atoms with van der Waals surface area (Å²) in [6.45, 7) is 1.96. The minimum Gasteiger partial charge on any atom is -0.439 e. The van der Waals surface area contributed by atoms with Crippen LogP contribution in [0.3, 0.4) is 0 Å². The van der Waals surface area contributed by atoms with E-state index >= 15 is 0 Å². The summed E-state index contributed by atoms with van der Waals surface area (Å²) >= 11 is 3.37. The third-order valence-electron chi connectivity index (χ3n) is 3.40. The first-order chi connectivity index (χ1) is 10.7. The van der Waals surface area contributed by atoms with Crippen molar-refractivity contribution in [2.75, 3.05) is 0 Å². The number of benzene rings is 2. The number of nitrogens with zero attached hydrogens (tertiary/aromatic N) is 1. The Hall–Kier alpha value is -2.20. The molecule has 0 spiro atoms. The van der Waals surface area contributed by atoms with Crippen LogP contribution in [0.1, 0.15) is 16.0 Å². The van der Waals surface area contributed by atoms with Gasteiger partial charge >= 0.3 is 0 Å². The van der Waals surface area contributed by atoms with Gasteiger partial charge in [0.25, 0.3) is 0 Å². The van der Waals surface area contributed by atoms with Crippen LogP contribution in [0.5, 0.6) is 11.6 Å². The van der Waals surface area contributed by atoms with E-state index in [1.54, 1.807) is 0 Å². The van der Waals surface area contributed by atoms with Gasteiger partial charge in [-0.05, 0) is 30.7 Å². The Bertz CT molecular complexity index is 818. The molecule has 4 heteroatoms. The maximum atomic E-state index is 11.1. The van der Waals surface area contributed by atoms with Crippen molar-refractivity contribution in [1.82, 2.24) is 4.98 Å². The molecule has 0 bridgehead atoms. The standard InChI is InChI=1S/C18H14BrNO2/c1-12-10-13-6-5-9-15(16(19)11-21)17(13)20-18(12)22-14-7-3-2-4-8-14/h2-11,16H,1H3. The predicted octanol–water partition coefficient (Wildman–Crippen LogP) is 4.97. The van der Waals surface area contributed by atoms with Crippen LogP contribution in [0.15, 0.2) is 54.6 Å². The highest BCUT2D eigenvalue weighted by Gasteiger charge is 2.13. The highest BCUT2D eigenvalue weighted by molar-refractivity contribution is 9.09.